The van der Waals surface area contributed by atoms with Crippen LogP contribution in [-0.4, -0.2) is 49.0 Å². The van der Waals surface area contributed by atoms with E-state index in [1.807, 2.05) is 16.8 Å². The van der Waals surface area contributed by atoms with Crippen molar-refractivity contribution in [3.05, 3.63) is 52.5 Å². The van der Waals surface area contributed by atoms with Gasteiger partial charge in [-0.05, 0) is 54.5 Å². The molecule has 1 saturated heterocycles. The van der Waals surface area contributed by atoms with Crippen molar-refractivity contribution in [1.29, 1.82) is 0 Å². The molecule has 8 nitrogen and oxygen atoms in total. The first kappa shape index (κ1) is 20.7. The standard InChI is InChI=1S/C20H21N3O5S2/c1-27-20(24)15-4-6-17(7-5-15)30(25,26)23-9-2-3-14(12-23)11-18-21-19(22-28-18)16-8-10-29-13-16/h4-8,10,13-14H,2-3,9,11-12H2,1H3. The monoisotopic (exact) mass is 447 g/mol. The van der Waals surface area contributed by atoms with Gasteiger partial charge in [-0.1, -0.05) is 5.16 Å². The molecule has 1 aliphatic rings. The summed E-state index contributed by atoms with van der Waals surface area (Å²) in [7, 11) is -2.37. The molecule has 1 unspecified atom stereocenters. The average molecular weight is 448 g/mol. The van der Waals surface area contributed by atoms with Crippen molar-refractivity contribution in [1.82, 2.24) is 14.4 Å². The van der Waals surface area contributed by atoms with E-state index in [9.17, 15) is 13.2 Å². The normalized spacial score (nSPS) is 17.7. The lowest BCUT2D eigenvalue weighted by molar-refractivity contribution is 0.0600. The van der Waals surface area contributed by atoms with Gasteiger partial charge in [0.15, 0.2) is 0 Å². The highest BCUT2D eigenvalue weighted by Crippen LogP contribution is 2.27. The van der Waals surface area contributed by atoms with Crippen molar-refractivity contribution in [2.45, 2.75) is 24.2 Å². The molecule has 30 heavy (non-hydrogen) atoms. The third-order valence-electron chi connectivity index (χ3n) is 5.11. The minimum absolute atomic E-state index is 0.0960. The minimum atomic E-state index is -3.65. The maximum Gasteiger partial charge on any atom is 0.337 e. The number of thiophene rings is 1. The lowest BCUT2D eigenvalue weighted by Gasteiger charge is -2.31. The zero-order chi connectivity index (χ0) is 21.1. The van der Waals surface area contributed by atoms with E-state index in [4.69, 9.17) is 4.52 Å². The van der Waals surface area contributed by atoms with Crippen LogP contribution in [0.3, 0.4) is 0 Å². The predicted molar refractivity (Wildman–Crippen MR) is 111 cm³/mol. The number of hydrogen-bond acceptors (Lipinski definition) is 8. The molecule has 0 spiro atoms. The van der Waals surface area contributed by atoms with Gasteiger partial charge in [0, 0.05) is 30.5 Å². The van der Waals surface area contributed by atoms with Crippen LogP contribution in [0.4, 0.5) is 0 Å². The van der Waals surface area contributed by atoms with Gasteiger partial charge in [-0.25, -0.2) is 13.2 Å². The Balaban J connectivity index is 1.44. The quantitative estimate of drug-likeness (QED) is 0.535. The van der Waals surface area contributed by atoms with Gasteiger partial charge in [0.25, 0.3) is 0 Å². The third-order valence-corrected chi connectivity index (χ3v) is 7.67. The number of esters is 1. The van der Waals surface area contributed by atoms with Gasteiger partial charge in [-0.3, -0.25) is 0 Å². The van der Waals surface area contributed by atoms with E-state index in [-0.39, 0.29) is 10.8 Å². The first-order valence-electron chi connectivity index (χ1n) is 9.51. The maximum atomic E-state index is 13.1. The van der Waals surface area contributed by atoms with Gasteiger partial charge in [0.2, 0.25) is 21.7 Å². The lowest BCUT2D eigenvalue weighted by atomic mass is 9.96. The van der Waals surface area contributed by atoms with Crippen molar-refractivity contribution in [2.75, 3.05) is 20.2 Å². The number of benzene rings is 1. The van der Waals surface area contributed by atoms with Gasteiger partial charge in [0.05, 0.1) is 17.6 Å². The zero-order valence-electron chi connectivity index (χ0n) is 16.4. The second kappa shape index (κ2) is 8.66. The largest absolute Gasteiger partial charge is 0.465 e. The van der Waals surface area contributed by atoms with Crippen molar-refractivity contribution in [2.24, 2.45) is 5.92 Å². The lowest BCUT2D eigenvalue weighted by Crippen LogP contribution is -2.40. The molecule has 1 aliphatic heterocycles. The van der Waals surface area contributed by atoms with Crippen molar-refractivity contribution < 1.29 is 22.5 Å². The van der Waals surface area contributed by atoms with Crippen molar-refractivity contribution in [3.8, 4) is 11.4 Å². The van der Waals surface area contributed by atoms with Crippen LogP contribution >= 0.6 is 11.3 Å². The summed E-state index contributed by atoms with van der Waals surface area (Å²) in [6.07, 6.45) is 2.18. The van der Waals surface area contributed by atoms with E-state index in [1.165, 1.54) is 35.7 Å². The summed E-state index contributed by atoms with van der Waals surface area (Å²) >= 11 is 1.56. The predicted octanol–water partition coefficient (Wildman–Crippen LogP) is 3.23. The fourth-order valence-corrected chi connectivity index (χ4v) is 5.72. The summed E-state index contributed by atoms with van der Waals surface area (Å²) in [5.74, 6) is 0.664. The van der Waals surface area contributed by atoms with Gasteiger partial charge in [-0.15, -0.1) is 0 Å². The number of hydrogen-bond donors (Lipinski definition) is 0. The van der Waals surface area contributed by atoms with E-state index in [1.54, 1.807) is 11.3 Å². The number of carbonyl (C=O) groups is 1. The zero-order valence-corrected chi connectivity index (χ0v) is 18.0. The third kappa shape index (κ3) is 4.30. The topological polar surface area (TPSA) is 103 Å². The summed E-state index contributed by atoms with van der Waals surface area (Å²) in [4.78, 5) is 16.2. The smallest absolute Gasteiger partial charge is 0.337 e. The number of methoxy groups -OCH3 is 1. The van der Waals surface area contributed by atoms with Crippen molar-refractivity contribution in [3.63, 3.8) is 0 Å². The fourth-order valence-electron chi connectivity index (χ4n) is 3.54. The molecule has 4 rings (SSSR count). The molecule has 1 atom stereocenters. The molecule has 1 aromatic carbocycles. The summed E-state index contributed by atoms with van der Waals surface area (Å²) in [6.45, 7) is 0.846. The van der Waals surface area contributed by atoms with Crippen LogP contribution in [0.5, 0.6) is 0 Å². The molecule has 1 fully saturated rings. The molecule has 0 saturated carbocycles. The molecule has 10 heteroatoms. The SMILES string of the molecule is COC(=O)c1ccc(S(=O)(=O)N2CCCC(Cc3nc(-c4ccsc4)no3)C2)cc1. The number of carbonyl (C=O) groups excluding carboxylic acids is 1. The first-order valence-corrected chi connectivity index (χ1v) is 11.9. The van der Waals surface area contributed by atoms with Crippen molar-refractivity contribution >= 4 is 27.3 Å². The van der Waals surface area contributed by atoms with Gasteiger partial charge >= 0.3 is 5.97 Å². The Kier molecular flexibility index (Phi) is 5.98. The van der Waals surface area contributed by atoms with Gasteiger partial charge in [-0.2, -0.15) is 20.6 Å². The molecule has 0 radical (unpaired) electrons. The number of sulfonamides is 1. The average Bonchev–Trinajstić information content (AvgIpc) is 3.45. The summed E-state index contributed by atoms with van der Waals surface area (Å²) in [5.41, 5.74) is 1.23. The van der Waals surface area contributed by atoms with Crippen LogP contribution in [-0.2, 0) is 21.2 Å². The first-order chi connectivity index (χ1) is 14.5. The Morgan fingerprint density at radius 3 is 2.80 bits per heavy atom. The van der Waals surface area contributed by atoms with Crippen LogP contribution in [0.2, 0.25) is 0 Å². The summed E-state index contributed by atoms with van der Waals surface area (Å²) in [6, 6.07) is 7.74. The Labute approximate surface area is 178 Å². The molecule has 0 aliphatic carbocycles. The number of nitrogens with zero attached hydrogens (tertiary/aromatic N) is 3. The van der Waals surface area contributed by atoms with Crippen LogP contribution in [0.15, 0.2) is 50.5 Å². The summed E-state index contributed by atoms with van der Waals surface area (Å²) in [5, 5.41) is 7.92. The molecular weight excluding hydrogens is 426 g/mol. The molecule has 0 bridgehead atoms. The molecule has 3 aromatic rings. The highest BCUT2D eigenvalue weighted by Gasteiger charge is 2.31. The van der Waals surface area contributed by atoms with E-state index >= 15 is 0 Å². The number of aromatic nitrogens is 2. The second-order valence-electron chi connectivity index (χ2n) is 7.12. The van der Waals surface area contributed by atoms with Crippen LogP contribution in [0.1, 0.15) is 29.1 Å². The molecular formula is C20H21N3O5S2. The van der Waals surface area contributed by atoms with Crippen LogP contribution in [0.25, 0.3) is 11.4 Å². The Morgan fingerprint density at radius 1 is 1.30 bits per heavy atom. The summed E-state index contributed by atoms with van der Waals surface area (Å²) < 4.78 is 37.6. The Morgan fingerprint density at radius 2 is 2.10 bits per heavy atom. The Bertz CT molecular complexity index is 1110. The number of rotatable bonds is 6. The van der Waals surface area contributed by atoms with E-state index in [0.717, 1.165) is 18.4 Å². The van der Waals surface area contributed by atoms with Gasteiger partial charge in [0.1, 0.15) is 0 Å². The number of ether oxygens (including phenoxy) is 1. The maximum absolute atomic E-state index is 13.1. The molecule has 2 aromatic heterocycles. The highest BCUT2D eigenvalue weighted by molar-refractivity contribution is 7.89. The van der Waals surface area contributed by atoms with Crippen LogP contribution in [0, 0.1) is 5.92 Å². The molecule has 3 heterocycles. The van der Waals surface area contributed by atoms with E-state index < -0.39 is 16.0 Å². The molecule has 158 valence electrons. The Hall–Kier alpha value is -2.56. The second-order valence-corrected chi connectivity index (χ2v) is 9.83. The molecule has 0 N–H and O–H groups in total. The molecule has 0 amide bonds. The fraction of sp³-hybridized carbons (Fsp3) is 0.350. The van der Waals surface area contributed by atoms with Crippen LogP contribution < -0.4 is 0 Å². The van der Waals surface area contributed by atoms with E-state index in [2.05, 4.69) is 14.9 Å². The highest BCUT2D eigenvalue weighted by atomic mass is 32.2. The minimum Gasteiger partial charge on any atom is -0.465 e. The van der Waals surface area contributed by atoms with Gasteiger partial charge < -0.3 is 9.26 Å². The number of piperidine rings is 1. The van der Waals surface area contributed by atoms with E-state index in [0.29, 0.717) is 36.8 Å².